The van der Waals surface area contributed by atoms with Crippen molar-refractivity contribution in [3.63, 3.8) is 0 Å². The van der Waals surface area contributed by atoms with Crippen molar-refractivity contribution in [2.45, 2.75) is 33.2 Å². The molecule has 0 spiro atoms. The highest BCUT2D eigenvalue weighted by Crippen LogP contribution is 2.01. The molecule has 0 aliphatic carbocycles. The molecule has 0 aliphatic heterocycles. The van der Waals surface area contributed by atoms with Crippen molar-refractivity contribution in [2.24, 2.45) is 11.7 Å². The molecule has 0 saturated heterocycles. The summed E-state index contributed by atoms with van der Waals surface area (Å²) in [6.45, 7) is 5.00. The minimum atomic E-state index is -0.607. The molecule has 0 aromatic heterocycles. The van der Waals surface area contributed by atoms with Crippen molar-refractivity contribution in [3.05, 3.63) is 0 Å². The second kappa shape index (κ2) is 4.23. The Morgan fingerprint density at radius 2 is 1.82 bits per heavy atom. The zero-order valence-corrected chi connectivity index (χ0v) is 7.26. The van der Waals surface area contributed by atoms with Crippen LogP contribution in [-0.2, 0) is 9.59 Å². The van der Waals surface area contributed by atoms with Gasteiger partial charge in [0.05, 0.1) is 6.04 Å². The maximum atomic E-state index is 11.0. The minimum Gasteiger partial charge on any atom is -0.321 e. The van der Waals surface area contributed by atoms with Crippen molar-refractivity contribution < 1.29 is 9.59 Å². The Balaban J connectivity index is 3.85. The molecule has 3 heteroatoms. The van der Waals surface area contributed by atoms with Gasteiger partial charge in [-0.3, -0.25) is 9.59 Å². The fraction of sp³-hybridized carbons (Fsp3) is 0.750. The zero-order valence-electron chi connectivity index (χ0n) is 7.26. The summed E-state index contributed by atoms with van der Waals surface area (Å²) in [6, 6.07) is -0.607. The van der Waals surface area contributed by atoms with Crippen molar-refractivity contribution in [2.75, 3.05) is 0 Å². The molecule has 0 heterocycles. The summed E-state index contributed by atoms with van der Waals surface area (Å²) in [6.07, 6.45) is 0.174. The van der Waals surface area contributed by atoms with Crippen molar-refractivity contribution in [3.8, 4) is 0 Å². The summed E-state index contributed by atoms with van der Waals surface area (Å²) in [5.74, 6) is -0.105. The fourth-order valence-electron chi connectivity index (χ4n) is 0.596. The van der Waals surface area contributed by atoms with Gasteiger partial charge in [0.2, 0.25) is 0 Å². The molecule has 0 radical (unpaired) electrons. The van der Waals surface area contributed by atoms with E-state index in [9.17, 15) is 9.59 Å². The lowest BCUT2D eigenvalue weighted by Crippen LogP contribution is -2.32. The molecule has 0 aromatic rings. The second-order valence-electron chi connectivity index (χ2n) is 3.04. The maximum Gasteiger partial charge on any atom is 0.146 e. The Kier molecular flexibility index (Phi) is 3.97. The van der Waals surface area contributed by atoms with E-state index in [-0.39, 0.29) is 23.9 Å². The van der Waals surface area contributed by atoms with E-state index >= 15 is 0 Å². The van der Waals surface area contributed by atoms with Gasteiger partial charge in [0, 0.05) is 12.3 Å². The van der Waals surface area contributed by atoms with Crippen LogP contribution in [0.3, 0.4) is 0 Å². The number of rotatable bonds is 4. The smallest absolute Gasteiger partial charge is 0.146 e. The van der Waals surface area contributed by atoms with E-state index in [4.69, 9.17) is 5.73 Å². The van der Waals surface area contributed by atoms with E-state index in [0.29, 0.717) is 0 Å². The van der Waals surface area contributed by atoms with Gasteiger partial charge in [-0.2, -0.15) is 0 Å². The first kappa shape index (κ1) is 10.3. The van der Waals surface area contributed by atoms with Crippen molar-refractivity contribution in [1.29, 1.82) is 0 Å². The van der Waals surface area contributed by atoms with E-state index in [1.165, 1.54) is 6.92 Å². The maximum absolute atomic E-state index is 11.0. The molecule has 1 atom stereocenters. The lowest BCUT2D eigenvalue weighted by molar-refractivity contribution is -0.126. The molecule has 0 fully saturated rings. The number of nitrogens with two attached hydrogens (primary N) is 1. The highest BCUT2D eigenvalue weighted by Gasteiger charge is 2.15. The predicted octanol–water partition coefficient (Wildman–Crippen LogP) is 0.518. The van der Waals surface area contributed by atoms with Crippen LogP contribution in [-0.4, -0.2) is 17.6 Å². The Hall–Kier alpha value is -0.700. The van der Waals surface area contributed by atoms with Crippen molar-refractivity contribution in [1.82, 2.24) is 0 Å². The average Bonchev–Trinajstić information content (AvgIpc) is 1.87. The molecule has 0 aliphatic rings. The first-order valence-corrected chi connectivity index (χ1v) is 3.74. The third-order valence-corrected chi connectivity index (χ3v) is 1.59. The summed E-state index contributed by atoms with van der Waals surface area (Å²) in [7, 11) is 0. The van der Waals surface area contributed by atoms with Gasteiger partial charge in [-0.05, 0) is 6.92 Å². The van der Waals surface area contributed by atoms with Gasteiger partial charge in [0.1, 0.15) is 11.6 Å². The van der Waals surface area contributed by atoms with E-state index < -0.39 is 6.04 Å². The van der Waals surface area contributed by atoms with E-state index in [2.05, 4.69) is 0 Å². The lowest BCUT2D eigenvalue weighted by Gasteiger charge is -2.07. The van der Waals surface area contributed by atoms with Gasteiger partial charge in [0.25, 0.3) is 0 Å². The summed E-state index contributed by atoms with van der Waals surface area (Å²) in [4.78, 5) is 21.7. The van der Waals surface area contributed by atoms with Crippen LogP contribution in [0.5, 0.6) is 0 Å². The van der Waals surface area contributed by atoms with Crippen LogP contribution in [0.2, 0.25) is 0 Å². The summed E-state index contributed by atoms with van der Waals surface area (Å²) < 4.78 is 0. The molecular weight excluding hydrogens is 142 g/mol. The molecule has 11 heavy (non-hydrogen) atoms. The fourth-order valence-corrected chi connectivity index (χ4v) is 0.596. The van der Waals surface area contributed by atoms with Crippen LogP contribution in [0.15, 0.2) is 0 Å². The molecule has 64 valence electrons. The van der Waals surface area contributed by atoms with Gasteiger partial charge < -0.3 is 5.73 Å². The number of hydrogen-bond donors (Lipinski definition) is 1. The van der Waals surface area contributed by atoms with E-state index in [1.54, 1.807) is 13.8 Å². The molecular formula is C8H15NO2. The van der Waals surface area contributed by atoms with Crippen molar-refractivity contribution >= 4 is 11.6 Å². The molecule has 0 rings (SSSR count). The second-order valence-corrected chi connectivity index (χ2v) is 3.04. The molecule has 1 unspecified atom stereocenters. The van der Waals surface area contributed by atoms with Gasteiger partial charge in [-0.25, -0.2) is 0 Å². The zero-order chi connectivity index (χ0) is 9.02. The van der Waals surface area contributed by atoms with Crippen LogP contribution < -0.4 is 5.73 Å². The van der Waals surface area contributed by atoms with Gasteiger partial charge in [0.15, 0.2) is 0 Å². The number of hydrogen-bond acceptors (Lipinski definition) is 3. The van der Waals surface area contributed by atoms with Crippen LogP contribution in [0.1, 0.15) is 27.2 Å². The highest BCUT2D eigenvalue weighted by atomic mass is 16.1. The molecule has 3 nitrogen and oxygen atoms in total. The summed E-state index contributed by atoms with van der Waals surface area (Å²) in [5, 5.41) is 0. The summed E-state index contributed by atoms with van der Waals surface area (Å²) >= 11 is 0. The number of carbonyl (C=O) groups is 2. The first-order valence-electron chi connectivity index (χ1n) is 3.74. The number of ketones is 2. The van der Waals surface area contributed by atoms with E-state index in [0.717, 1.165) is 0 Å². The molecule has 2 N–H and O–H groups in total. The molecule has 0 saturated carbocycles. The number of carbonyl (C=O) groups excluding carboxylic acids is 2. The summed E-state index contributed by atoms with van der Waals surface area (Å²) in [5.41, 5.74) is 5.38. The Morgan fingerprint density at radius 3 is 2.09 bits per heavy atom. The van der Waals surface area contributed by atoms with Crippen LogP contribution in [0.4, 0.5) is 0 Å². The number of Topliss-reactive ketones (excluding diaryl/α,β-unsaturated/α-hetero) is 2. The normalized spacial score (nSPS) is 13.2. The largest absolute Gasteiger partial charge is 0.321 e. The minimum absolute atomic E-state index is 0.0274. The first-order chi connectivity index (χ1) is 4.95. The Bertz CT molecular complexity index is 163. The molecule has 0 bridgehead atoms. The van der Waals surface area contributed by atoms with Gasteiger partial charge in [-0.15, -0.1) is 0 Å². The Labute approximate surface area is 67.0 Å². The third kappa shape index (κ3) is 3.88. The topological polar surface area (TPSA) is 60.2 Å². The SMILES string of the molecule is CC(=O)C(N)CC(=O)C(C)C. The van der Waals surface area contributed by atoms with Crippen LogP contribution in [0.25, 0.3) is 0 Å². The monoisotopic (exact) mass is 157 g/mol. The van der Waals surface area contributed by atoms with Gasteiger partial charge >= 0.3 is 0 Å². The van der Waals surface area contributed by atoms with E-state index in [1.807, 2.05) is 0 Å². The van der Waals surface area contributed by atoms with Crippen LogP contribution in [0, 0.1) is 5.92 Å². The average molecular weight is 157 g/mol. The predicted molar refractivity (Wildman–Crippen MR) is 43.1 cm³/mol. The van der Waals surface area contributed by atoms with Crippen LogP contribution >= 0.6 is 0 Å². The molecule has 0 amide bonds. The lowest BCUT2D eigenvalue weighted by atomic mass is 10.0. The molecule has 0 aromatic carbocycles. The standard InChI is InChI=1S/C8H15NO2/c1-5(2)8(11)4-7(9)6(3)10/h5,7H,4,9H2,1-3H3. The Morgan fingerprint density at radius 1 is 1.36 bits per heavy atom. The highest BCUT2D eigenvalue weighted by molar-refractivity contribution is 5.89. The quantitative estimate of drug-likeness (QED) is 0.647. The van der Waals surface area contributed by atoms with Gasteiger partial charge in [-0.1, -0.05) is 13.8 Å². The third-order valence-electron chi connectivity index (χ3n) is 1.59.